The van der Waals surface area contributed by atoms with Crippen LogP contribution in [-0.2, 0) is 0 Å². The summed E-state index contributed by atoms with van der Waals surface area (Å²) in [6.07, 6.45) is 2.18. The molecule has 1 aliphatic carbocycles. The molecule has 0 aromatic heterocycles. The summed E-state index contributed by atoms with van der Waals surface area (Å²) < 4.78 is 0. The van der Waals surface area contributed by atoms with Crippen LogP contribution in [0.5, 0.6) is 0 Å². The van der Waals surface area contributed by atoms with Gasteiger partial charge in [0.05, 0.1) is 6.10 Å². The molecule has 0 aromatic carbocycles. The molecular formula is C8H14Br2O2. The first-order chi connectivity index (χ1) is 5.65. The molecule has 72 valence electrons. The van der Waals surface area contributed by atoms with Gasteiger partial charge in [0.2, 0.25) is 0 Å². The molecule has 0 aliphatic heterocycles. The molecular weight excluding hydrogens is 288 g/mol. The smallest absolute Gasteiger partial charge is 0.0580 e. The number of alkyl halides is 2. The largest absolute Gasteiger partial charge is 0.396 e. The van der Waals surface area contributed by atoms with Gasteiger partial charge in [-0.1, -0.05) is 31.9 Å². The highest BCUT2D eigenvalue weighted by molar-refractivity contribution is 9.12. The molecule has 4 unspecified atom stereocenters. The summed E-state index contributed by atoms with van der Waals surface area (Å²) >= 11 is 7.06. The molecule has 1 aliphatic rings. The standard InChI is InChI=1S/C8H14Br2O2/c9-6-3-5(1-2-11)8(12)4-7(6)10/h5-8,11-12H,1-4H2. The first-order valence-corrected chi connectivity index (χ1v) is 6.05. The number of halogens is 2. The zero-order valence-electron chi connectivity index (χ0n) is 6.79. The van der Waals surface area contributed by atoms with Crippen molar-refractivity contribution in [2.75, 3.05) is 6.61 Å². The molecule has 1 rings (SSSR count). The highest BCUT2D eigenvalue weighted by Crippen LogP contribution is 2.35. The first kappa shape index (κ1) is 11.0. The molecule has 4 heteroatoms. The van der Waals surface area contributed by atoms with E-state index in [1.54, 1.807) is 0 Å². The van der Waals surface area contributed by atoms with Gasteiger partial charge < -0.3 is 10.2 Å². The third-order valence-electron chi connectivity index (χ3n) is 2.43. The van der Waals surface area contributed by atoms with Crippen LogP contribution in [-0.4, -0.2) is 32.6 Å². The van der Waals surface area contributed by atoms with E-state index < -0.39 is 0 Å². The van der Waals surface area contributed by atoms with Gasteiger partial charge in [-0.3, -0.25) is 0 Å². The molecule has 0 aromatic rings. The molecule has 0 radical (unpaired) electrons. The van der Waals surface area contributed by atoms with Crippen molar-refractivity contribution < 1.29 is 10.2 Å². The Kier molecular flexibility index (Phi) is 4.51. The number of aliphatic hydroxyl groups is 2. The predicted molar refractivity (Wildman–Crippen MR) is 55.9 cm³/mol. The van der Waals surface area contributed by atoms with Gasteiger partial charge in [0.25, 0.3) is 0 Å². The van der Waals surface area contributed by atoms with Gasteiger partial charge in [-0.25, -0.2) is 0 Å². The van der Waals surface area contributed by atoms with Crippen LogP contribution >= 0.6 is 31.9 Å². The van der Waals surface area contributed by atoms with Gasteiger partial charge in [0.15, 0.2) is 0 Å². The van der Waals surface area contributed by atoms with Crippen molar-refractivity contribution >= 4 is 31.9 Å². The lowest BCUT2D eigenvalue weighted by atomic mass is 9.84. The van der Waals surface area contributed by atoms with E-state index in [0.717, 1.165) is 12.8 Å². The van der Waals surface area contributed by atoms with E-state index in [4.69, 9.17) is 5.11 Å². The Labute approximate surface area is 89.6 Å². The van der Waals surface area contributed by atoms with Crippen molar-refractivity contribution in [1.82, 2.24) is 0 Å². The zero-order valence-corrected chi connectivity index (χ0v) is 9.96. The SMILES string of the molecule is OCCC1CC(Br)C(Br)CC1O. The summed E-state index contributed by atoms with van der Waals surface area (Å²) in [5.74, 6) is 0.258. The van der Waals surface area contributed by atoms with Crippen molar-refractivity contribution in [3.63, 3.8) is 0 Å². The predicted octanol–water partition coefficient (Wildman–Crippen LogP) is 1.67. The van der Waals surface area contributed by atoms with Crippen molar-refractivity contribution in [3.8, 4) is 0 Å². The van der Waals surface area contributed by atoms with Gasteiger partial charge in [0.1, 0.15) is 0 Å². The van der Waals surface area contributed by atoms with Crippen LogP contribution < -0.4 is 0 Å². The fourth-order valence-electron chi connectivity index (χ4n) is 1.64. The molecule has 2 nitrogen and oxygen atoms in total. The summed E-state index contributed by atoms with van der Waals surface area (Å²) in [5.41, 5.74) is 0. The van der Waals surface area contributed by atoms with Crippen molar-refractivity contribution in [1.29, 1.82) is 0 Å². The molecule has 0 heterocycles. The minimum Gasteiger partial charge on any atom is -0.396 e. The second-order valence-corrected chi connectivity index (χ2v) is 5.70. The lowest BCUT2D eigenvalue weighted by molar-refractivity contribution is 0.0608. The minimum absolute atomic E-state index is 0.175. The maximum Gasteiger partial charge on any atom is 0.0580 e. The maximum absolute atomic E-state index is 9.63. The Morgan fingerprint density at radius 3 is 2.33 bits per heavy atom. The van der Waals surface area contributed by atoms with Crippen LogP contribution in [0, 0.1) is 5.92 Å². The van der Waals surface area contributed by atoms with Gasteiger partial charge in [-0.2, -0.15) is 0 Å². The lowest BCUT2D eigenvalue weighted by Gasteiger charge is -2.33. The zero-order chi connectivity index (χ0) is 9.14. The minimum atomic E-state index is -0.254. The summed E-state index contributed by atoms with van der Waals surface area (Å²) in [6, 6.07) is 0. The molecule has 0 spiro atoms. The first-order valence-electron chi connectivity index (χ1n) is 4.22. The molecule has 0 bridgehead atoms. The van der Waals surface area contributed by atoms with Crippen molar-refractivity contribution in [3.05, 3.63) is 0 Å². The highest BCUT2D eigenvalue weighted by atomic mass is 79.9. The van der Waals surface area contributed by atoms with Crippen molar-refractivity contribution in [2.24, 2.45) is 5.92 Å². The average molecular weight is 302 g/mol. The third kappa shape index (κ3) is 2.69. The second-order valence-electron chi connectivity index (χ2n) is 3.34. The van der Waals surface area contributed by atoms with E-state index in [1.165, 1.54) is 0 Å². The number of aliphatic hydroxyl groups excluding tert-OH is 2. The Balaban J connectivity index is 2.43. The second kappa shape index (κ2) is 4.94. The fraction of sp³-hybridized carbons (Fsp3) is 1.00. The van der Waals surface area contributed by atoms with Crippen LogP contribution in [0.1, 0.15) is 19.3 Å². The van der Waals surface area contributed by atoms with Crippen LogP contribution in [0.25, 0.3) is 0 Å². The van der Waals surface area contributed by atoms with Gasteiger partial charge >= 0.3 is 0 Å². The van der Waals surface area contributed by atoms with E-state index in [1.807, 2.05) is 0 Å². The highest BCUT2D eigenvalue weighted by Gasteiger charge is 2.32. The van der Waals surface area contributed by atoms with E-state index in [2.05, 4.69) is 31.9 Å². The van der Waals surface area contributed by atoms with E-state index in [-0.39, 0.29) is 18.6 Å². The quantitative estimate of drug-likeness (QED) is 0.762. The average Bonchev–Trinajstić information content (AvgIpc) is 2.01. The number of hydrogen-bond acceptors (Lipinski definition) is 2. The van der Waals surface area contributed by atoms with E-state index >= 15 is 0 Å². The van der Waals surface area contributed by atoms with Crippen molar-refractivity contribution in [2.45, 2.75) is 35.0 Å². The van der Waals surface area contributed by atoms with Crippen LogP contribution in [0.4, 0.5) is 0 Å². The monoisotopic (exact) mass is 300 g/mol. The number of rotatable bonds is 2. The Morgan fingerprint density at radius 2 is 1.75 bits per heavy atom. The molecule has 0 amide bonds. The summed E-state index contributed by atoms with van der Waals surface area (Å²) in [6.45, 7) is 0.175. The van der Waals surface area contributed by atoms with E-state index in [0.29, 0.717) is 16.1 Å². The Morgan fingerprint density at radius 1 is 1.17 bits per heavy atom. The molecule has 4 atom stereocenters. The lowest BCUT2D eigenvalue weighted by Crippen LogP contribution is -2.36. The van der Waals surface area contributed by atoms with Gasteiger partial charge in [-0.15, -0.1) is 0 Å². The van der Waals surface area contributed by atoms with E-state index in [9.17, 15) is 5.11 Å². The van der Waals surface area contributed by atoms with Crippen LogP contribution in [0.3, 0.4) is 0 Å². The molecule has 1 fully saturated rings. The summed E-state index contributed by atoms with van der Waals surface area (Å²) in [7, 11) is 0. The normalized spacial score (nSPS) is 43.0. The third-order valence-corrected chi connectivity index (χ3v) is 5.16. The molecule has 2 N–H and O–H groups in total. The fourth-order valence-corrected chi connectivity index (χ4v) is 2.94. The molecule has 12 heavy (non-hydrogen) atoms. The topological polar surface area (TPSA) is 40.5 Å². The number of hydrogen-bond donors (Lipinski definition) is 2. The summed E-state index contributed by atoms with van der Waals surface area (Å²) in [4.78, 5) is 0.792. The molecule has 1 saturated carbocycles. The molecule has 0 saturated heterocycles. The summed E-state index contributed by atoms with van der Waals surface area (Å²) in [5, 5.41) is 18.4. The van der Waals surface area contributed by atoms with Crippen LogP contribution in [0.2, 0.25) is 0 Å². The van der Waals surface area contributed by atoms with Gasteiger partial charge in [0, 0.05) is 16.3 Å². The Hall–Kier alpha value is 0.880. The van der Waals surface area contributed by atoms with Gasteiger partial charge in [-0.05, 0) is 25.2 Å². The van der Waals surface area contributed by atoms with Crippen LogP contribution in [0.15, 0.2) is 0 Å². The Bertz CT molecular complexity index is 143. The maximum atomic E-state index is 9.63.